The van der Waals surface area contributed by atoms with Crippen molar-refractivity contribution >= 4 is 63.1 Å². The zero-order valence-corrected chi connectivity index (χ0v) is 34.3. The average molecular weight is 911 g/mol. The third kappa shape index (κ3) is 7.39. The molecule has 0 aromatic heterocycles. The van der Waals surface area contributed by atoms with Crippen molar-refractivity contribution in [1.29, 1.82) is 0 Å². The van der Waals surface area contributed by atoms with Crippen molar-refractivity contribution in [2.75, 3.05) is 13.7 Å². The van der Waals surface area contributed by atoms with E-state index in [0.717, 1.165) is 58.5 Å². The summed E-state index contributed by atoms with van der Waals surface area (Å²) in [7, 11) is 1.44. The van der Waals surface area contributed by atoms with Crippen LogP contribution in [0.15, 0.2) is 48.5 Å². The second-order valence-electron chi connectivity index (χ2n) is 15.8. The maximum Gasteiger partial charge on any atom is 0.338 e. The van der Waals surface area contributed by atoms with Crippen LogP contribution in [0, 0.1) is 53.5 Å². The molecule has 0 spiro atoms. The molecule has 0 amide bonds. The summed E-state index contributed by atoms with van der Waals surface area (Å²) >= 11 is 4.48. The average Bonchev–Trinajstić information content (AvgIpc) is 3.46. The van der Waals surface area contributed by atoms with E-state index in [-0.39, 0.29) is 76.6 Å². The van der Waals surface area contributed by atoms with Crippen LogP contribution in [-0.2, 0) is 23.7 Å². The van der Waals surface area contributed by atoms with Gasteiger partial charge in [-0.2, -0.15) is 0 Å². The summed E-state index contributed by atoms with van der Waals surface area (Å²) in [5, 5.41) is 0. The van der Waals surface area contributed by atoms with Crippen molar-refractivity contribution in [3.8, 4) is 0 Å². The number of fused-ring (bicyclic) bond motifs is 5. The summed E-state index contributed by atoms with van der Waals surface area (Å²) in [6, 6.07) is 15.3. The molecule has 272 valence electrons. The lowest BCUT2D eigenvalue weighted by Crippen LogP contribution is -2.63. The number of carbonyl (C=O) groups excluding carboxylic acids is 3. The van der Waals surface area contributed by atoms with Gasteiger partial charge < -0.3 is 18.9 Å². The molecule has 0 radical (unpaired) electrons. The van der Waals surface area contributed by atoms with Gasteiger partial charge in [-0.05, 0) is 175 Å². The molecule has 50 heavy (non-hydrogen) atoms. The van der Waals surface area contributed by atoms with Crippen LogP contribution in [0.2, 0.25) is 0 Å². The van der Waals surface area contributed by atoms with E-state index in [1.54, 1.807) is 0 Å². The summed E-state index contributed by atoms with van der Waals surface area (Å²) in [6.07, 6.45) is 7.25. The van der Waals surface area contributed by atoms with Crippen molar-refractivity contribution in [2.24, 2.45) is 46.3 Å². The molecule has 4 fully saturated rings. The first-order valence-electron chi connectivity index (χ1n) is 18.5. The Kier molecular flexibility index (Phi) is 11.9. The van der Waals surface area contributed by atoms with Crippen molar-refractivity contribution in [1.82, 2.24) is 0 Å². The van der Waals surface area contributed by atoms with Gasteiger partial charge in [0.2, 0.25) is 0 Å². The molecule has 7 nitrogen and oxygen atoms in total. The van der Waals surface area contributed by atoms with E-state index in [4.69, 9.17) is 18.9 Å². The van der Waals surface area contributed by atoms with E-state index < -0.39 is 0 Å². The Labute approximate surface area is 325 Å². The number of rotatable bonds is 10. The minimum Gasteiger partial charge on any atom is -0.469 e. The molecule has 2 aromatic carbocycles. The quantitative estimate of drug-likeness (QED) is 0.133. The highest BCUT2D eigenvalue weighted by molar-refractivity contribution is 14.1. The predicted octanol–water partition coefficient (Wildman–Crippen LogP) is 9.52. The van der Waals surface area contributed by atoms with Crippen LogP contribution in [-0.4, -0.2) is 49.9 Å². The van der Waals surface area contributed by atoms with Gasteiger partial charge in [-0.25, -0.2) is 9.59 Å². The highest BCUT2D eigenvalue weighted by Crippen LogP contribution is 2.69. The van der Waals surface area contributed by atoms with Crippen molar-refractivity contribution in [3.05, 3.63) is 66.8 Å². The van der Waals surface area contributed by atoms with E-state index in [2.05, 4.69) is 72.9 Å². The maximum atomic E-state index is 14.0. The Balaban J connectivity index is 1.40. The van der Waals surface area contributed by atoms with Gasteiger partial charge in [0.15, 0.2) is 0 Å². The van der Waals surface area contributed by atoms with Crippen LogP contribution in [0.3, 0.4) is 0 Å². The number of hydrogen-bond donors (Lipinski definition) is 0. The molecule has 2 aromatic rings. The highest BCUT2D eigenvalue weighted by atomic mass is 127. The van der Waals surface area contributed by atoms with Gasteiger partial charge in [0.1, 0.15) is 12.2 Å². The summed E-state index contributed by atoms with van der Waals surface area (Å²) in [5.74, 6) is 0.599. The van der Waals surface area contributed by atoms with Crippen molar-refractivity contribution < 1.29 is 33.3 Å². The summed E-state index contributed by atoms with van der Waals surface area (Å²) in [5.41, 5.74) is 0.807. The lowest BCUT2D eigenvalue weighted by molar-refractivity contribution is -0.209. The zero-order valence-electron chi connectivity index (χ0n) is 30.0. The fourth-order valence-corrected chi connectivity index (χ4v) is 12.1. The van der Waals surface area contributed by atoms with Gasteiger partial charge in [-0.15, -0.1) is 0 Å². The first-order valence-corrected chi connectivity index (χ1v) is 20.7. The minimum absolute atomic E-state index is 0.00595. The molecule has 11 atom stereocenters. The Hall–Kier alpha value is -1.73. The Bertz CT molecular complexity index is 1560. The van der Waals surface area contributed by atoms with Crippen LogP contribution >= 0.6 is 45.2 Å². The lowest BCUT2D eigenvalue weighted by Gasteiger charge is -2.64. The first kappa shape index (κ1) is 38.0. The van der Waals surface area contributed by atoms with Crippen LogP contribution in [0.4, 0.5) is 0 Å². The van der Waals surface area contributed by atoms with Crippen LogP contribution < -0.4 is 0 Å². The fourth-order valence-electron chi connectivity index (χ4n) is 11.0. The van der Waals surface area contributed by atoms with Gasteiger partial charge in [0, 0.05) is 31.5 Å². The number of ether oxygens (including phenoxy) is 4. The molecule has 6 rings (SSSR count). The van der Waals surface area contributed by atoms with Gasteiger partial charge in [-0.3, -0.25) is 4.79 Å². The van der Waals surface area contributed by atoms with Gasteiger partial charge in [-0.1, -0.05) is 32.9 Å². The molecular weight excluding hydrogens is 858 g/mol. The smallest absolute Gasteiger partial charge is 0.338 e. The van der Waals surface area contributed by atoms with E-state index in [9.17, 15) is 14.4 Å². The predicted molar refractivity (Wildman–Crippen MR) is 209 cm³/mol. The number of carbonyl (C=O) groups is 3. The Morgan fingerprint density at radius 1 is 0.880 bits per heavy atom. The minimum atomic E-state index is -0.354. The molecule has 0 N–H and O–H groups in total. The number of hydrogen-bond acceptors (Lipinski definition) is 7. The second kappa shape index (κ2) is 15.7. The summed E-state index contributed by atoms with van der Waals surface area (Å²) in [4.78, 5) is 40.1. The fraction of sp³-hybridized carbons (Fsp3) is 0.634. The van der Waals surface area contributed by atoms with Crippen LogP contribution in [0.5, 0.6) is 0 Å². The molecule has 0 bridgehead atoms. The molecule has 4 aliphatic rings. The normalized spacial score (nSPS) is 35.2. The molecule has 0 saturated heterocycles. The molecule has 4 saturated carbocycles. The van der Waals surface area contributed by atoms with Gasteiger partial charge in [0.25, 0.3) is 0 Å². The topological polar surface area (TPSA) is 88.1 Å². The Morgan fingerprint density at radius 2 is 1.54 bits per heavy atom. The van der Waals surface area contributed by atoms with E-state index in [0.29, 0.717) is 30.1 Å². The molecule has 0 unspecified atom stereocenters. The van der Waals surface area contributed by atoms with E-state index in [1.165, 1.54) is 7.11 Å². The lowest BCUT2D eigenvalue weighted by atomic mass is 9.43. The molecule has 4 aliphatic carbocycles. The van der Waals surface area contributed by atoms with Crippen LogP contribution in [0.1, 0.15) is 106 Å². The summed E-state index contributed by atoms with van der Waals surface area (Å²) in [6.45, 7) is 9.80. The number of halogens is 2. The number of esters is 3. The highest BCUT2D eigenvalue weighted by Gasteiger charge is 2.67. The van der Waals surface area contributed by atoms with Crippen LogP contribution in [0.25, 0.3) is 0 Å². The monoisotopic (exact) mass is 910 g/mol. The number of benzene rings is 2. The van der Waals surface area contributed by atoms with Gasteiger partial charge in [0.05, 0.1) is 24.3 Å². The summed E-state index contributed by atoms with van der Waals surface area (Å²) < 4.78 is 26.6. The number of methoxy groups -OCH3 is 1. The molecule has 0 heterocycles. The third-order valence-electron chi connectivity index (χ3n) is 13.5. The second-order valence-corrected chi connectivity index (χ2v) is 18.3. The zero-order chi connectivity index (χ0) is 35.8. The van der Waals surface area contributed by atoms with Crippen molar-refractivity contribution in [3.63, 3.8) is 0 Å². The van der Waals surface area contributed by atoms with E-state index in [1.807, 2.05) is 48.5 Å². The first-order chi connectivity index (χ1) is 23.9. The maximum absolute atomic E-state index is 14.0. The standard InChI is InChI=1S/C41H52I2O7/c1-6-48-30-17-18-40(3)27(21-30)22-34(49-38(45)25-9-7-11-28(42)19-25)37-32-15-14-31(24(2)13-16-36(44)47-5)41(32,4)35(23-33(37)40)50-39(46)26-10-8-12-29(43)20-26/h7-12,19-20,24,27,30-35,37H,6,13-18,21-23H2,1-5H3/t24-,27+,30-,31-,32+,33+,34-,35+,37+,40+,41-/m1/s1. The largest absolute Gasteiger partial charge is 0.469 e. The SMILES string of the molecule is CCO[C@@H]1CC[C@@]2(C)[C@@H](C1)C[C@@H](OC(=O)c1cccc(I)c1)[C@@H]1[C@@H]2C[C@H](OC(=O)c2cccc(I)c2)[C@]2(C)[C@@H]([C@H](C)CCC(=O)OC)CC[C@@H]12. The Morgan fingerprint density at radius 3 is 2.16 bits per heavy atom. The molecular formula is C41H52I2O7. The molecule has 0 aliphatic heterocycles. The van der Waals surface area contributed by atoms with E-state index >= 15 is 0 Å². The molecule has 9 heteroatoms. The van der Waals surface area contributed by atoms with Crippen molar-refractivity contribution in [2.45, 2.75) is 104 Å². The third-order valence-corrected chi connectivity index (χ3v) is 14.8. The van der Waals surface area contributed by atoms with Gasteiger partial charge >= 0.3 is 17.9 Å².